The van der Waals surface area contributed by atoms with Crippen molar-refractivity contribution in [1.82, 2.24) is 0 Å². The molecule has 0 atom stereocenters. The number of hydrogen-bond acceptors (Lipinski definition) is 0. The molecule has 0 aromatic carbocycles. The molecule has 0 radical (unpaired) electrons. The molecular weight excluding hydrogens is 132 g/mol. The summed E-state index contributed by atoms with van der Waals surface area (Å²) in [5, 5.41) is 0. The van der Waals surface area contributed by atoms with Crippen molar-refractivity contribution in [2.24, 2.45) is 10.8 Å². The molecule has 0 aromatic heterocycles. The Hall–Kier alpha value is -0.260. The predicted octanol–water partition coefficient (Wildman–Crippen LogP) is 3.78. The first-order chi connectivity index (χ1) is 4.83. The molecule has 0 spiro atoms. The van der Waals surface area contributed by atoms with Gasteiger partial charge in [-0.15, -0.1) is 6.58 Å². The van der Waals surface area contributed by atoms with Crippen LogP contribution in [0, 0.1) is 10.8 Å². The third-order valence-electron chi connectivity index (χ3n) is 2.54. The van der Waals surface area contributed by atoms with Crippen molar-refractivity contribution in [1.29, 1.82) is 0 Å². The first-order valence-corrected chi connectivity index (χ1v) is 4.47. The Kier molecular flexibility index (Phi) is 1.90. The van der Waals surface area contributed by atoms with Crippen LogP contribution in [0.3, 0.4) is 0 Å². The average Bonchev–Trinajstić information content (AvgIpc) is 1.52. The summed E-state index contributed by atoms with van der Waals surface area (Å²) in [5.41, 5.74) is 2.52. The van der Waals surface area contributed by atoms with E-state index in [1.807, 2.05) is 0 Å². The summed E-state index contributed by atoms with van der Waals surface area (Å²) in [6.07, 6.45) is 3.95. The zero-order valence-corrected chi connectivity index (χ0v) is 8.33. The summed E-state index contributed by atoms with van der Waals surface area (Å²) in [4.78, 5) is 0. The minimum absolute atomic E-state index is 0.579. The maximum atomic E-state index is 3.97. The predicted molar refractivity (Wildman–Crippen MR) is 50.6 cm³/mol. The standard InChI is InChI=1S/C11H20/c1-9(2)6-11(5)7-10(3,4)8-11/h1,6-8H2,2-5H3. The van der Waals surface area contributed by atoms with E-state index < -0.39 is 0 Å². The van der Waals surface area contributed by atoms with E-state index in [0.717, 1.165) is 0 Å². The van der Waals surface area contributed by atoms with E-state index >= 15 is 0 Å². The highest BCUT2D eigenvalue weighted by Crippen LogP contribution is 2.56. The van der Waals surface area contributed by atoms with Gasteiger partial charge in [-0.1, -0.05) is 26.3 Å². The van der Waals surface area contributed by atoms with Gasteiger partial charge in [-0.05, 0) is 37.0 Å². The third kappa shape index (κ3) is 2.08. The molecule has 1 aliphatic rings. The number of allylic oxidation sites excluding steroid dienone is 1. The molecule has 1 saturated carbocycles. The van der Waals surface area contributed by atoms with Crippen molar-refractivity contribution in [3.05, 3.63) is 12.2 Å². The number of hydrogen-bond donors (Lipinski definition) is 0. The molecule has 11 heavy (non-hydrogen) atoms. The normalized spacial score (nSPS) is 25.8. The molecule has 0 bridgehead atoms. The second kappa shape index (κ2) is 2.36. The molecule has 0 saturated heterocycles. The van der Waals surface area contributed by atoms with Gasteiger partial charge in [-0.2, -0.15) is 0 Å². The van der Waals surface area contributed by atoms with Crippen LogP contribution in [0.2, 0.25) is 0 Å². The quantitative estimate of drug-likeness (QED) is 0.528. The molecule has 0 amide bonds. The van der Waals surface area contributed by atoms with Crippen LogP contribution in [0.5, 0.6) is 0 Å². The lowest BCUT2D eigenvalue weighted by atomic mass is 9.53. The van der Waals surface area contributed by atoms with E-state index in [1.54, 1.807) is 0 Å². The van der Waals surface area contributed by atoms with Gasteiger partial charge in [0, 0.05) is 0 Å². The summed E-state index contributed by atoms with van der Waals surface area (Å²) in [5.74, 6) is 0. The van der Waals surface area contributed by atoms with Gasteiger partial charge in [-0.3, -0.25) is 0 Å². The summed E-state index contributed by atoms with van der Waals surface area (Å²) in [6, 6.07) is 0. The molecule has 0 aliphatic heterocycles. The fourth-order valence-electron chi connectivity index (χ4n) is 3.11. The lowest BCUT2D eigenvalue weighted by Crippen LogP contribution is -2.40. The highest BCUT2D eigenvalue weighted by molar-refractivity contribution is 5.04. The van der Waals surface area contributed by atoms with Gasteiger partial charge in [0.05, 0.1) is 0 Å². The van der Waals surface area contributed by atoms with Crippen LogP contribution < -0.4 is 0 Å². The summed E-state index contributed by atoms with van der Waals surface area (Å²) < 4.78 is 0. The minimum Gasteiger partial charge on any atom is -0.100 e. The summed E-state index contributed by atoms with van der Waals surface area (Å²) in [7, 11) is 0. The first-order valence-electron chi connectivity index (χ1n) is 4.47. The minimum atomic E-state index is 0.579. The molecule has 0 N–H and O–H groups in total. The van der Waals surface area contributed by atoms with Crippen molar-refractivity contribution in [2.75, 3.05) is 0 Å². The molecule has 1 rings (SSSR count). The molecule has 0 heterocycles. The highest BCUT2D eigenvalue weighted by atomic mass is 14.5. The molecule has 0 nitrogen and oxygen atoms in total. The zero-order valence-electron chi connectivity index (χ0n) is 8.33. The zero-order chi connectivity index (χ0) is 8.70. The van der Waals surface area contributed by atoms with E-state index in [1.165, 1.54) is 24.8 Å². The smallest absolute Gasteiger partial charge is 0.0271 e. The van der Waals surface area contributed by atoms with Crippen LogP contribution in [0.1, 0.15) is 47.0 Å². The largest absolute Gasteiger partial charge is 0.100 e. The maximum absolute atomic E-state index is 3.97. The molecule has 1 fully saturated rings. The van der Waals surface area contributed by atoms with Crippen molar-refractivity contribution in [3.63, 3.8) is 0 Å². The van der Waals surface area contributed by atoms with Crippen LogP contribution in [-0.2, 0) is 0 Å². The highest BCUT2D eigenvalue weighted by Gasteiger charge is 2.44. The number of rotatable bonds is 2. The van der Waals surface area contributed by atoms with E-state index in [-0.39, 0.29) is 0 Å². The monoisotopic (exact) mass is 152 g/mol. The lowest BCUT2D eigenvalue weighted by Gasteiger charge is -2.52. The SMILES string of the molecule is C=C(C)CC1(C)CC(C)(C)C1. The van der Waals surface area contributed by atoms with Crippen LogP contribution in [0.4, 0.5) is 0 Å². The Morgan fingerprint density at radius 1 is 1.27 bits per heavy atom. The van der Waals surface area contributed by atoms with Crippen LogP contribution in [0.25, 0.3) is 0 Å². The fourth-order valence-corrected chi connectivity index (χ4v) is 3.11. The first kappa shape index (κ1) is 8.83. The summed E-state index contributed by atoms with van der Waals surface area (Å²) in [6.45, 7) is 13.2. The fraction of sp³-hybridized carbons (Fsp3) is 0.818. The Labute approximate surface area is 70.7 Å². The molecular formula is C11H20. The van der Waals surface area contributed by atoms with E-state index in [4.69, 9.17) is 0 Å². The van der Waals surface area contributed by atoms with Crippen molar-refractivity contribution in [2.45, 2.75) is 47.0 Å². The molecule has 0 heteroatoms. The molecule has 0 aromatic rings. The van der Waals surface area contributed by atoms with Gasteiger partial charge in [0.15, 0.2) is 0 Å². The average molecular weight is 152 g/mol. The van der Waals surface area contributed by atoms with E-state index in [9.17, 15) is 0 Å². The van der Waals surface area contributed by atoms with Gasteiger partial charge in [0.2, 0.25) is 0 Å². The van der Waals surface area contributed by atoms with Gasteiger partial charge in [0.1, 0.15) is 0 Å². The van der Waals surface area contributed by atoms with Crippen molar-refractivity contribution in [3.8, 4) is 0 Å². The Morgan fingerprint density at radius 3 is 2.00 bits per heavy atom. The van der Waals surface area contributed by atoms with Gasteiger partial charge < -0.3 is 0 Å². The molecule has 64 valence electrons. The Bertz CT molecular complexity index is 166. The van der Waals surface area contributed by atoms with E-state index in [0.29, 0.717) is 10.8 Å². The van der Waals surface area contributed by atoms with E-state index in [2.05, 4.69) is 34.3 Å². The second-order valence-corrected chi connectivity index (χ2v) is 5.46. The Balaban J connectivity index is 2.43. The van der Waals surface area contributed by atoms with Crippen LogP contribution in [0.15, 0.2) is 12.2 Å². The molecule has 0 unspecified atom stereocenters. The van der Waals surface area contributed by atoms with Gasteiger partial charge in [-0.25, -0.2) is 0 Å². The van der Waals surface area contributed by atoms with Gasteiger partial charge in [0.25, 0.3) is 0 Å². The van der Waals surface area contributed by atoms with Crippen LogP contribution in [-0.4, -0.2) is 0 Å². The van der Waals surface area contributed by atoms with Crippen molar-refractivity contribution < 1.29 is 0 Å². The topological polar surface area (TPSA) is 0 Å². The molecule has 1 aliphatic carbocycles. The maximum Gasteiger partial charge on any atom is -0.0271 e. The Morgan fingerprint density at radius 2 is 1.73 bits per heavy atom. The van der Waals surface area contributed by atoms with Crippen LogP contribution >= 0.6 is 0 Å². The third-order valence-corrected chi connectivity index (χ3v) is 2.54. The van der Waals surface area contributed by atoms with Gasteiger partial charge >= 0.3 is 0 Å². The second-order valence-electron chi connectivity index (χ2n) is 5.46. The van der Waals surface area contributed by atoms with Crippen molar-refractivity contribution >= 4 is 0 Å². The lowest BCUT2D eigenvalue weighted by molar-refractivity contribution is 0.00395. The summed E-state index contributed by atoms with van der Waals surface area (Å²) >= 11 is 0.